The van der Waals surface area contributed by atoms with Gasteiger partial charge in [-0.1, -0.05) is 12.1 Å². The highest BCUT2D eigenvalue weighted by atomic mass is 32.1. The number of nitrogens with zero attached hydrogens (tertiary/aromatic N) is 2. The first kappa shape index (κ1) is 16.7. The topological polar surface area (TPSA) is 59.2 Å². The number of fused-ring (bicyclic) bond motifs is 1. The van der Waals surface area contributed by atoms with E-state index < -0.39 is 0 Å². The van der Waals surface area contributed by atoms with Crippen molar-refractivity contribution in [3.05, 3.63) is 51.0 Å². The number of thiazole rings is 1. The number of nitrogens with two attached hydrogens (primary N) is 1. The van der Waals surface area contributed by atoms with Crippen LogP contribution in [-0.2, 0) is 19.4 Å². The fourth-order valence-corrected chi connectivity index (χ4v) is 5.15. The van der Waals surface area contributed by atoms with Gasteiger partial charge in [0.05, 0.1) is 10.7 Å². The van der Waals surface area contributed by atoms with Gasteiger partial charge in [-0.3, -0.25) is 4.79 Å². The number of likely N-dealkylation sites (tertiary alicyclic amines) is 1. The number of piperidine rings is 1. The predicted octanol–water partition coefficient (Wildman–Crippen LogP) is 3.50. The van der Waals surface area contributed by atoms with Crippen LogP contribution in [0.3, 0.4) is 0 Å². The van der Waals surface area contributed by atoms with Gasteiger partial charge in [-0.05, 0) is 56.2 Å². The molecule has 1 atom stereocenters. The van der Waals surface area contributed by atoms with Gasteiger partial charge in [0.1, 0.15) is 0 Å². The van der Waals surface area contributed by atoms with Crippen molar-refractivity contribution in [1.82, 2.24) is 9.88 Å². The van der Waals surface area contributed by atoms with E-state index in [1.54, 1.807) is 0 Å². The molecule has 4 nitrogen and oxygen atoms in total. The lowest BCUT2D eigenvalue weighted by atomic mass is 9.97. The number of hydrogen-bond donors (Lipinski definition) is 1. The molecule has 2 aromatic rings. The summed E-state index contributed by atoms with van der Waals surface area (Å²) in [6.07, 6.45) is 7.08. The summed E-state index contributed by atoms with van der Waals surface area (Å²) in [7, 11) is 0. The Balaban J connectivity index is 1.48. The average molecular weight is 356 g/mol. The number of hydrogen-bond acceptors (Lipinski definition) is 4. The maximum atomic E-state index is 12.8. The standard InChI is InChI=1S/C20H25N3OS/c21-12-14-7-9-15(10-8-14)20(24)23-11-3-4-16(13-23)19-22-17-5-1-2-6-18(17)25-19/h7-10,16H,1-6,11-13,21H2. The van der Waals surface area contributed by atoms with Crippen molar-refractivity contribution in [2.75, 3.05) is 13.1 Å². The number of carbonyl (C=O) groups is 1. The van der Waals surface area contributed by atoms with Crippen LogP contribution in [0.5, 0.6) is 0 Å². The van der Waals surface area contributed by atoms with E-state index >= 15 is 0 Å². The molecule has 2 N–H and O–H groups in total. The molecule has 1 aromatic heterocycles. The number of rotatable bonds is 3. The molecule has 2 heterocycles. The zero-order chi connectivity index (χ0) is 17.2. The van der Waals surface area contributed by atoms with E-state index in [0.717, 1.165) is 43.5 Å². The van der Waals surface area contributed by atoms with Crippen LogP contribution in [0, 0.1) is 0 Å². The largest absolute Gasteiger partial charge is 0.338 e. The predicted molar refractivity (Wildman–Crippen MR) is 101 cm³/mol. The molecule has 1 amide bonds. The van der Waals surface area contributed by atoms with Crippen LogP contribution < -0.4 is 5.73 Å². The first-order valence-corrected chi connectivity index (χ1v) is 10.1. The Hall–Kier alpha value is -1.72. The third-order valence-corrected chi connectivity index (χ3v) is 6.68. The molecule has 1 saturated heterocycles. The van der Waals surface area contributed by atoms with Crippen molar-refractivity contribution in [3.8, 4) is 0 Å². The number of aryl methyl sites for hydroxylation is 2. The van der Waals surface area contributed by atoms with Crippen molar-refractivity contribution in [1.29, 1.82) is 0 Å². The van der Waals surface area contributed by atoms with Crippen molar-refractivity contribution < 1.29 is 4.79 Å². The zero-order valence-electron chi connectivity index (χ0n) is 14.5. The van der Waals surface area contributed by atoms with Crippen molar-refractivity contribution in [2.45, 2.75) is 51.0 Å². The smallest absolute Gasteiger partial charge is 0.253 e. The molecular weight excluding hydrogens is 330 g/mol. The normalized spacial score (nSPS) is 20.4. The SMILES string of the molecule is NCc1ccc(C(=O)N2CCCC(c3nc4c(s3)CCCC4)C2)cc1. The summed E-state index contributed by atoms with van der Waals surface area (Å²) in [4.78, 5) is 21.3. The van der Waals surface area contributed by atoms with Crippen molar-refractivity contribution in [2.24, 2.45) is 5.73 Å². The van der Waals surface area contributed by atoms with Crippen LogP contribution in [0.4, 0.5) is 0 Å². The highest BCUT2D eigenvalue weighted by Crippen LogP contribution is 2.35. The highest BCUT2D eigenvalue weighted by molar-refractivity contribution is 7.11. The van der Waals surface area contributed by atoms with E-state index in [-0.39, 0.29) is 5.91 Å². The molecule has 0 bridgehead atoms. The number of carbonyl (C=O) groups excluding carboxylic acids is 1. The van der Waals surface area contributed by atoms with Gasteiger partial charge >= 0.3 is 0 Å². The molecule has 1 aromatic carbocycles. The van der Waals surface area contributed by atoms with E-state index in [1.165, 1.54) is 34.8 Å². The van der Waals surface area contributed by atoms with Gasteiger partial charge in [0.25, 0.3) is 5.91 Å². The van der Waals surface area contributed by atoms with Gasteiger partial charge in [0.2, 0.25) is 0 Å². The summed E-state index contributed by atoms with van der Waals surface area (Å²) >= 11 is 1.89. The Morgan fingerprint density at radius 1 is 1.20 bits per heavy atom. The lowest BCUT2D eigenvalue weighted by Crippen LogP contribution is -2.39. The maximum absolute atomic E-state index is 12.8. The van der Waals surface area contributed by atoms with E-state index in [9.17, 15) is 4.79 Å². The lowest BCUT2D eigenvalue weighted by molar-refractivity contribution is 0.0707. The summed E-state index contributed by atoms with van der Waals surface area (Å²) in [6.45, 7) is 2.15. The van der Waals surface area contributed by atoms with E-state index in [2.05, 4.69) is 0 Å². The number of benzene rings is 1. The summed E-state index contributed by atoms with van der Waals surface area (Å²) in [5, 5.41) is 1.25. The molecule has 1 unspecified atom stereocenters. The molecule has 5 heteroatoms. The highest BCUT2D eigenvalue weighted by Gasteiger charge is 2.28. The minimum absolute atomic E-state index is 0.134. The Kier molecular flexibility index (Phi) is 4.86. The van der Waals surface area contributed by atoms with Crippen LogP contribution in [0.2, 0.25) is 0 Å². The van der Waals surface area contributed by atoms with Gasteiger partial charge in [0.15, 0.2) is 0 Å². The third kappa shape index (κ3) is 3.48. The van der Waals surface area contributed by atoms with Gasteiger partial charge in [-0.25, -0.2) is 4.98 Å². The molecule has 1 aliphatic carbocycles. The Morgan fingerprint density at radius 3 is 2.76 bits per heavy atom. The zero-order valence-corrected chi connectivity index (χ0v) is 15.4. The minimum Gasteiger partial charge on any atom is -0.338 e. The molecule has 4 rings (SSSR count). The van der Waals surface area contributed by atoms with Gasteiger partial charge < -0.3 is 10.6 Å². The average Bonchev–Trinajstić information content (AvgIpc) is 3.12. The number of amides is 1. The quantitative estimate of drug-likeness (QED) is 0.917. The molecule has 1 fully saturated rings. The van der Waals surface area contributed by atoms with Gasteiger partial charge in [-0.2, -0.15) is 0 Å². The second kappa shape index (κ2) is 7.26. The first-order chi connectivity index (χ1) is 12.2. The molecular formula is C20H25N3OS. The Bertz CT molecular complexity index is 729. The molecule has 1 aliphatic heterocycles. The summed E-state index contributed by atoms with van der Waals surface area (Å²) in [5.41, 5.74) is 8.79. The summed E-state index contributed by atoms with van der Waals surface area (Å²) in [6, 6.07) is 7.69. The fraction of sp³-hybridized carbons (Fsp3) is 0.500. The first-order valence-electron chi connectivity index (χ1n) is 9.31. The molecule has 132 valence electrons. The summed E-state index contributed by atoms with van der Waals surface area (Å²) in [5.74, 6) is 0.534. The third-order valence-electron chi connectivity index (χ3n) is 5.36. The van der Waals surface area contributed by atoms with Crippen LogP contribution >= 0.6 is 11.3 Å². The van der Waals surface area contributed by atoms with Crippen molar-refractivity contribution >= 4 is 17.2 Å². The Labute approximate surface area is 153 Å². The second-order valence-corrected chi connectivity index (χ2v) is 8.24. The molecule has 2 aliphatic rings. The monoisotopic (exact) mass is 355 g/mol. The van der Waals surface area contributed by atoms with Gasteiger partial charge in [-0.15, -0.1) is 11.3 Å². The second-order valence-electron chi connectivity index (χ2n) is 7.12. The molecule has 0 saturated carbocycles. The van der Waals surface area contributed by atoms with Crippen LogP contribution in [0.1, 0.15) is 63.1 Å². The molecule has 0 spiro atoms. The van der Waals surface area contributed by atoms with E-state index in [1.807, 2.05) is 40.5 Å². The van der Waals surface area contributed by atoms with Crippen LogP contribution in [0.25, 0.3) is 0 Å². The molecule has 25 heavy (non-hydrogen) atoms. The number of aromatic nitrogens is 1. The Morgan fingerprint density at radius 2 is 2.00 bits per heavy atom. The fourth-order valence-electron chi connectivity index (χ4n) is 3.88. The van der Waals surface area contributed by atoms with Crippen molar-refractivity contribution in [3.63, 3.8) is 0 Å². The van der Waals surface area contributed by atoms with Crippen LogP contribution in [0.15, 0.2) is 24.3 Å². The van der Waals surface area contributed by atoms with Gasteiger partial charge in [0, 0.05) is 36.0 Å². The summed E-state index contributed by atoms with van der Waals surface area (Å²) < 4.78 is 0. The minimum atomic E-state index is 0.134. The van der Waals surface area contributed by atoms with E-state index in [0.29, 0.717) is 12.5 Å². The molecule has 0 radical (unpaired) electrons. The lowest BCUT2D eigenvalue weighted by Gasteiger charge is -2.32. The van der Waals surface area contributed by atoms with Crippen LogP contribution in [-0.4, -0.2) is 28.9 Å². The maximum Gasteiger partial charge on any atom is 0.253 e. The van der Waals surface area contributed by atoms with E-state index in [4.69, 9.17) is 10.7 Å².